The standard InChI is InChI=1S/C16H18N2O2.C2HF3O2/c1-11-9-14(20-8-7-17)5-6-15(11)12-3-2-4-13(10-12)16(18)19;3-2(4,5)1(6)7/h2-6,9-10H,7-8,17H2,1H3,(H2,18,19);(H,6,7). The fourth-order valence-corrected chi connectivity index (χ4v) is 2.07. The normalized spacial score (nSPS) is 10.6. The Balaban J connectivity index is 0.000000445. The van der Waals surface area contributed by atoms with Crippen LogP contribution in [0.3, 0.4) is 0 Å². The predicted octanol–water partition coefficient (Wildman–Crippen LogP) is 2.73. The molecule has 5 N–H and O–H groups in total. The number of carboxylic acid groups (broad SMARTS) is 1. The quantitative estimate of drug-likeness (QED) is 0.733. The number of primary amides is 1. The number of aliphatic carboxylic acids is 1. The van der Waals surface area contributed by atoms with Gasteiger partial charge in [0.05, 0.1) is 0 Å². The third-order valence-electron chi connectivity index (χ3n) is 3.29. The number of benzene rings is 2. The van der Waals surface area contributed by atoms with Crippen molar-refractivity contribution in [3.8, 4) is 16.9 Å². The van der Waals surface area contributed by atoms with Crippen LogP contribution in [0.25, 0.3) is 11.1 Å². The third-order valence-corrected chi connectivity index (χ3v) is 3.29. The van der Waals surface area contributed by atoms with Crippen LogP contribution in [0.15, 0.2) is 42.5 Å². The minimum atomic E-state index is -5.08. The molecule has 9 heteroatoms. The molecule has 2 aromatic carbocycles. The van der Waals surface area contributed by atoms with Crippen LogP contribution in [-0.4, -0.2) is 36.3 Å². The minimum absolute atomic E-state index is 0.424. The molecule has 0 radical (unpaired) electrons. The van der Waals surface area contributed by atoms with E-state index in [1.54, 1.807) is 12.1 Å². The number of rotatable bonds is 5. The highest BCUT2D eigenvalue weighted by Crippen LogP contribution is 2.27. The Morgan fingerprint density at radius 1 is 1.15 bits per heavy atom. The highest BCUT2D eigenvalue weighted by atomic mass is 19.4. The lowest BCUT2D eigenvalue weighted by atomic mass is 9.98. The van der Waals surface area contributed by atoms with E-state index in [0.717, 1.165) is 22.4 Å². The summed E-state index contributed by atoms with van der Waals surface area (Å²) >= 11 is 0. The van der Waals surface area contributed by atoms with Crippen molar-refractivity contribution in [2.45, 2.75) is 13.1 Å². The van der Waals surface area contributed by atoms with Crippen LogP contribution in [0.2, 0.25) is 0 Å². The molecule has 0 unspecified atom stereocenters. The minimum Gasteiger partial charge on any atom is -0.492 e. The van der Waals surface area contributed by atoms with Gasteiger partial charge in [0.15, 0.2) is 0 Å². The number of carboxylic acids is 1. The van der Waals surface area contributed by atoms with Gasteiger partial charge >= 0.3 is 12.1 Å². The Morgan fingerprint density at radius 3 is 2.26 bits per heavy atom. The first-order valence-corrected chi connectivity index (χ1v) is 7.70. The lowest BCUT2D eigenvalue weighted by molar-refractivity contribution is -0.192. The molecule has 2 aromatic rings. The number of nitrogens with two attached hydrogens (primary N) is 2. The SMILES string of the molecule is Cc1cc(OCCN)ccc1-c1cccc(C(N)=O)c1.O=C(O)C(F)(F)F. The van der Waals surface area contributed by atoms with Gasteiger partial charge in [0.25, 0.3) is 0 Å². The monoisotopic (exact) mass is 384 g/mol. The molecule has 0 bridgehead atoms. The van der Waals surface area contributed by atoms with Gasteiger partial charge in [-0.3, -0.25) is 4.79 Å². The molecule has 0 atom stereocenters. The molecule has 27 heavy (non-hydrogen) atoms. The van der Waals surface area contributed by atoms with Crippen molar-refractivity contribution in [3.05, 3.63) is 53.6 Å². The van der Waals surface area contributed by atoms with Crippen LogP contribution in [0.5, 0.6) is 5.75 Å². The van der Waals surface area contributed by atoms with Crippen molar-refractivity contribution >= 4 is 11.9 Å². The van der Waals surface area contributed by atoms with Crippen molar-refractivity contribution in [2.24, 2.45) is 11.5 Å². The summed E-state index contributed by atoms with van der Waals surface area (Å²) in [6.45, 7) is 2.99. The van der Waals surface area contributed by atoms with Crippen molar-refractivity contribution in [2.75, 3.05) is 13.2 Å². The van der Waals surface area contributed by atoms with Gasteiger partial charge in [0, 0.05) is 12.1 Å². The number of carbonyl (C=O) groups is 2. The van der Waals surface area contributed by atoms with E-state index in [2.05, 4.69) is 0 Å². The van der Waals surface area contributed by atoms with Gasteiger partial charge in [-0.05, 0) is 47.9 Å². The van der Waals surface area contributed by atoms with E-state index in [-0.39, 0.29) is 0 Å². The first-order chi connectivity index (χ1) is 12.6. The van der Waals surface area contributed by atoms with E-state index in [1.807, 2.05) is 37.3 Å². The van der Waals surface area contributed by atoms with Crippen LogP contribution in [0.1, 0.15) is 15.9 Å². The Hall–Kier alpha value is -3.07. The average Bonchev–Trinajstić information content (AvgIpc) is 2.59. The number of ether oxygens (including phenoxy) is 1. The van der Waals surface area contributed by atoms with Gasteiger partial charge in [-0.25, -0.2) is 4.79 Å². The highest BCUT2D eigenvalue weighted by molar-refractivity contribution is 5.94. The molecule has 0 aliphatic rings. The summed E-state index contributed by atoms with van der Waals surface area (Å²) in [6, 6.07) is 13.1. The second-order valence-electron chi connectivity index (χ2n) is 5.36. The van der Waals surface area contributed by atoms with Gasteiger partial charge in [-0.15, -0.1) is 0 Å². The first kappa shape index (κ1) is 22.0. The van der Waals surface area contributed by atoms with Crippen LogP contribution in [0.4, 0.5) is 13.2 Å². The van der Waals surface area contributed by atoms with E-state index < -0.39 is 18.1 Å². The van der Waals surface area contributed by atoms with Crippen molar-refractivity contribution in [3.63, 3.8) is 0 Å². The molecule has 6 nitrogen and oxygen atoms in total. The largest absolute Gasteiger partial charge is 0.492 e. The van der Waals surface area contributed by atoms with E-state index >= 15 is 0 Å². The number of hydrogen-bond donors (Lipinski definition) is 3. The molecule has 0 saturated carbocycles. The van der Waals surface area contributed by atoms with Crippen LogP contribution in [-0.2, 0) is 4.79 Å². The Labute approximate surface area is 153 Å². The summed E-state index contributed by atoms with van der Waals surface area (Å²) in [5, 5.41) is 7.12. The average molecular weight is 384 g/mol. The fraction of sp³-hybridized carbons (Fsp3) is 0.222. The summed E-state index contributed by atoms with van der Waals surface area (Å²) in [5.74, 6) is -2.39. The number of halogens is 3. The second kappa shape index (κ2) is 9.58. The maximum absolute atomic E-state index is 11.2. The maximum Gasteiger partial charge on any atom is 0.490 e. The van der Waals surface area contributed by atoms with E-state index in [1.165, 1.54) is 0 Å². The van der Waals surface area contributed by atoms with Crippen molar-refractivity contribution < 1.29 is 32.6 Å². The lowest BCUT2D eigenvalue weighted by Gasteiger charge is -2.10. The molecule has 0 fully saturated rings. The molecule has 0 aliphatic heterocycles. The predicted molar refractivity (Wildman–Crippen MR) is 93.4 cm³/mol. The lowest BCUT2D eigenvalue weighted by Crippen LogP contribution is -2.21. The molecule has 146 valence electrons. The third kappa shape index (κ3) is 6.98. The Kier molecular flexibility index (Phi) is 7.79. The summed E-state index contributed by atoms with van der Waals surface area (Å²) in [6.07, 6.45) is -5.08. The molecule has 0 aliphatic carbocycles. The van der Waals surface area contributed by atoms with Crippen LogP contribution >= 0.6 is 0 Å². The summed E-state index contributed by atoms with van der Waals surface area (Å²) in [4.78, 5) is 20.1. The number of amides is 1. The Morgan fingerprint density at radius 2 is 1.78 bits per heavy atom. The highest BCUT2D eigenvalue weighted by Gasteiger charge is 2.38. The van der Waals surface area contributed by atoms with E-state index in [9.17, 15) is 18.0 Å². The Bertz CT molecular complexity index is 807. The first-order valence-electron chi connectivity index (χ1n) is 7.70. The molecule has 1 amide bonds. The van der Waals surface area contributed by atoms with Crippen molar-refractivity contribution in [1.29, 1.82) is 0 Å². The van der Waals surface area contributed by atoms with Crippen LogP contribution < -0.4 is 16.2 Å². The van der Waals surface area contributed by atoms with E-state index in [4.69, 9.17) is 26.1 Å². The molecular weight excluding hydrogens is 365 g/mol. The number of hydrogen-bond acceptors (Lipinski definition) is 4. The van der Waals surface area contributed by atoms with Gasteiger partial charge in [-0.2, -0.15) is 13.2 Å². The molecular formula is C18H19F3N2O4. The molecule has 0 saturated heterocycles. The smallest absolute Gasteiger partial charge is 0.490 e. The number of carbonyl (C=O) groups excluding carboxylic acids is 1. The molecule has 2 rings (SSSR count). The van der Waals surface area contributed by atoms with E-state index in [0.29, 0.717) is 18.7 Å². The maximum atomic E-state index is 11.2. The second-order valence-corrected chi connectivity index (χ2v) is 5.36. The van der Waals surface area contributed by atoms with Crippen molar-refractivity contribution in [1.82, 2.24) is 0 Å². The summed E-state index contributed by atoms with van der Waals surface area (Å²) in [5.41, 5.74) is 14.3. The fourth-order valence-electron chi connectivity index (χ4n) is 2.07. The molecule has 0 spiro atoms. The molecule has 0 heterocycles. The summed E-state index contributed by atoms with van der Waals surface area (Å²) < 4.78 is 37.2. The number of aryl methyl sites for hydroxylation is 1. The van der Waals surface area contributed by atoms with Gasteiger partial charge in [0.2, 0.25) is 5.91 Å². The molecule has 0 aromatic heterocycles. The zero-order valence-corrected chi connectivity index (χ0v) is 14.4. The van der Waals surface area contributed by atoms with Gasteiger partial charge < -0.3 is 21.3 Å². The number of alkyl halides is 3. The van der Waals surface area contributed by atoms with Gasteiger partial charge in [-0.1, -0.05) is 18.2 Å². The van der Waals surface area contributed by atoms with Gasteiger partial charge in [0.1, 0.15) is 12.4 Å². The summed E-state index contributed by atoms with van der Waals surface area (Å²) in [7, 11) is 0. The topological polar surface area (TPSA) is 116 Å². The van der Waals surface area contributed by atoms with Crippen LogP contribution in [0, 0.1) is 6.92 Å². The zero-order valence-electron chi connectivity index (χ0n) is 14.4. The zero-order chi connectivity index (χ0) is 20.6.